The van der Waals surface area contributed by atoms with Gasteiger partial charge < -0.3 is 15.0 Å². The number of amides is 2. The molecule has 0 spiro atoms. The Kier molecular flexibility index (Phi) is 6.00. The van der Waals surface area contributed by atoms with E-state index in [1.54, 1.807) is 37.1 Å². The van der Waals surface area contributed by atoms with Gasteiger partial charge in [-0.1, -0.05) is 0 Å². The molecule has 2 aromatic rings. The van der Waals surface area contributed by atoms with E-state index in [-0.39, 0.29) is 11.3 Å². The number of thiophene rings is 1. The summed E-state index contributed by atoms with van der Waals surface area (Å²) >= 11 is 1.30. The molecule has 1 aromatic carbocycles. The molecule has 1 aliphatic rings. The molecule has 164 valence electrons. The van der Waals surface area contributed by atoms with Crippen LogP contribution < -0.4 is 5.32 Å². The predicted octanol–water partition coefficient (Wildman–Crippen LogP) is 5.18. The maximum atomic E-state index is 13.1. The Hall–Kier alpha value is -3.06. The minimum absolute atomic E-state index is 0.109. The maximum absolute atomic E-state index is 13.1. The molecular weight excluding hydrogens is 431 g/mol. The van der Waals surface area contributed by atoms with E-state index in [0.717, 1.165) is 22.6 Å². The van der Waals surface area contributed by atoms with E-state index in [9.17, 15) is 22.8 Å². The summed E-state index contributed by atoms with van der Waals surface area (Å²) in [7, 11) is 0. The van der Waals surface area contributed by atoms with Crippen LogP contribution in [0.4, 0.5) is 23.7 Å². The number of benzene rings is 1. The van der Waals surface area contributed by atoms with Gasteiger partial charge >= 0.3 is 12.3 Å². The highest BCUT2D eigenvalue weighted by Gasteiger charge is 2.32. The fourth-order valence-corrected chi connectivity index (χ4v) is 4.22. The summed E-state index contributed by atoms with van der Waals surface area (Å²) in [5.41, 5.74) is -0.838. The second-order valence-electron chi connectivity index (χ2n) is 8.07. The van der Waals surface area contributed by atoms with Crippen LogP contribution in [0, 0.1) is 11.3 Å². The van der Waals surface area contributed by atoms with E-state index < -0.39 is 29.3 Å². The Morgan fingerprint density at radius 1 is 1.23 bits per heavy atom. The largest absolute Gasteiger partial charge is 0.444 e. The molecule has 2 heterocycles. The molecule has 0 bridgehead atoms. The molecular formula is C21H20F3N3O3S. The quantitative estimate of drug-likeness (QED) is 0.682. The molecule has 1 N–H and O–H groups in total. The van der Waals surface area contributed by atoms with Crippen molar-refractivity contribution in [2.45, 2.75) is 45.5 Å². The third-order valence-corrected chi connectivity index (χ3v) is 5.50. The van der Waals surface area contributed by atoms with Gasteiger partial charge in [-0.2, -0.15) is 18.4 Å². The number of carbonyl (C=O) groups is 2. The van der Waals surface area contributed by atoms with Crippen molar-refractivity contribution in [3.05, 3.63) is 50.7 Å². The number of nitrogens with one attached hydrogen (secondary N) is 1. The van der Waals surface area contributed by atoms with Crippen molar-refractivity contribution in [1.29, 1.82) is 5.26 Å². The van der Waals surface area contributed by atoms with E-state index in [4.69, 9.17) is 10.00 Å². The molecule has 0 saturated carbocycles. The Bertz CT molecular complexity index is 1060. The maximum Gasteiger partial charge on any atom is 0.416 e. The molecule has 0 saturated heterocycles. The fraction of sp³-hybridized carbons (Fsp3) is 0.381. The predicted molar refractivity (Wildman–Crippen MR) is 109 cm³/mol. The first-order valence-electron chi connectivity index (χ1n) is 9.38. The lowest BCUT2D eigenvalue weighted by atomic mass is 10.0. The van der Waals surface area contributed by atoms with Gasteiger partial charge in [0, 0.05) is 22.5 Å². The molecule has 1 aromatic heterocycles. The third kappa shape index (κ3) is 5.35. The Labute approximate surface area is 181 Å². The van der Waals surface area contributed by atoms with Crippen LogP contribution in [0.3, 0.4) is 0 Å². The molecule has 31 heavy (non-hydrogen) atoms. The molecule has 3 rings (SSSR count). The first-order chi connectivity index (χ1) is 14.4. The van der Waals surface area contributed by atoms with E-state index in [2.05, 4.69) is 5.32 Å². The number of anilines is 1. The van der Waals surface area contributed by atoms with Crippen LogP contribution in [-0.2, 0) is 23.9 Å². The van der Waals surface area contributed by atoms with Crippen LogP contribution in [0.25, 0.3) is 0 Å². The lowest BCUT2D eigenvalue weighted by molar-refractivity contribution is -0.137. The van der Waals surface area contributed by atoms with Gasteiger partial charge in [0.2, 0.25) is 0 Å². The monoisotopic (exact) mass is 451 g/mol. The van der Waals surface area contributed by atoms with Crippen molar-refractivity contribution in [1.82, 2.24) is 4.90 Å². The van der Waals surface area contributed by atoms with Crippen molar-refractivity contribution in [3.8, 4) is 6.07 Å². The van der Waals surface area contributed by atoms with Crippen LogP contribution in [0.15, 0.2) is 23.6 Å². The van der Waals surface area contributed by atoms with Gasteiger partial charge in [0.1, 0.15) is 5.60 Å². The molecule has 2 amide bonds. The Morgan fingerprint density at radius 2 is 1.94 bits per heavy atom. The summed E-state index contributed by atoms with van der Waals surface area (Å²) in [6.07, 6.45) is -4.66. The van der Waals surface area contributed by atoms with Crippen LogP contribution in [0.1, 0.15) is 52.7 Å². The number of halogens is 3. The number of nitrogens with zero attached hydrogens (tertiary/aromatic N) is 2. The van der Waals surface area contributed by atoms with Crippen molar-refractivity contribution >= 4 is 29.0 Å². The zero-order valence-electron chi connectivity index (χ0n) is 17.1. The average molecular weight is 451 g/mol. The highest BCUT2D eigenvalue weighted by molar-refractivity contribution is 7.10. The van der Waals surface area contributed by atoms with E-state index in [1.807, 2.05) is 0 Å². The summed E-state index contributed by atoms with van der Waals surface area (Å²) in [5, 5.41) is 13.1. The summed E-state index contributed by atoms with van der Waals surface area (Å²) in [6.45, 7) is 5.99. The number of ether oxygens (including phenoxy) is 1. The van der Waals surface area contributed by atoms with Gasteiger partial charge in [-0.3, -0.25) is 4.79 Å². The molecule has 6 nitrogen and oxygen atoms in total. The molecule has 0 unspecified atom stereocenters. The van der Waals surface area contributed by atoms with Gasteiger partial charge in [0.05, 0.1) is 29.3 Å². The number of alkyl halides is 3. The number of hydrogen-bond acceptors (Lipinski definition) is 5. The lowest BCUT2D eigenvalue weighted by Gasteiger charge is -2.30. The zero-order chi connectivity index (χ0) is 23.0. The van der Waals surface area contributed by atoms with Crippen LogP contribution in [-0.4, -0.2) is 29.0 Å². The minimum atomic E-state index is -4.64. The van der Waals surface area contributed by atoms with Gasteiger partial charge in [-0.25, -0.2) is 4.79 Å². The van der Waals surface area contributed by atoms with Crippen molar-refractivity contribution in [2.24, 2.45) is 0 Å². The van der Waals surface area contributed by atoms with Crippen molar-refractivity contribution in [2.75, 3.05) is 11.9 Å². The number of rotatable bonds is 2. The summed E-state index contributed by atoms with van der Waals surface area (Å²) < 4.78 is 44.6. The Morgan fingerprint density at radius 3 is 2.55 bits per heavy atom. The topological polar surface area (TPSA) is 82.4 Å². The average Bonchev–Trinajstić information content (AvgIpc) is 3.09. The Balaban J connectivity index is 1.78. The molecule has 1 aliphatic heterocycles. The van der Waals surface area contributed by atoms with Gasteiger partial charge in [0.15, 0.2) is 0 Å². The standard InChI is InChI=1S/C21H20F3N3O3S/c1-20(2,3)30-19(29)27-5-4-15-16(11-31-17(15)10-27)18(28)26-14-7-12(9-25)6-13(8-14)21(22,23)24/h6-8,11H,4-5,10H2,1-3H3,(H,26,28). The molecule has 0 fully saturated rings. The SMILES string of the molecule is CC(C)(C)OC(=O)N1CCc2c(C(=O)Nc3cc(C#N)cc(C(F)(F)F)c3)csc2C1. The normalized spacial score (nSPS) is 13.9. The highest BCUT2D eigenvalue weighted by Crippen LogP contribution is 2.33. The third-order valence-electron chi connectivity index (χ3n) is 4.49. The van der Waals surface area contributed by atoms with E-state index >= 15 is 0 Å². The smallest absolute Gasteiger partial charge is 0.416 e. The van der Waals surface area contributed by atoms with E-state index in [1.165, 1.54) is 17.4 Å². The van der Waals surface area contributed by atoms with Gasteiger partial charge in [-0.05, 0) is 51.0 Å². The van der Waals surface area contributed by atoms with Crippen LogP contribution in [0.5, 0.6) is 0 Å². The van der Waals surface area contributed by atoms with Crippen molar-refractivity contribution in [3.63, 3.8) is 0 Å². The zero-order valence-corrected chi connectivity index (χ0v) is 17.9. The first-order valence-corrected chi connectivity index (χ1v) is 10.3. The summed E-state index contributed by atoms with van der Waals surface area (Å²) in [5.74, 6) is -0.563. The highest BCUT2D eigenvalue weighted by atomic mass is 32.1. The number of hydrogen-bond donors (Lipinski definition) is 1. The molecule has 0 atom stereocenters. The first kappa shape index (κ1) is 22.6. The van der Waals surface area contributed by atoms with Gasteiger partial charge in [-0.15, -0.1) is 11.3 Å². The van der Waals surface area contributed by atoms with E-state index in [0.29, 0.717) is 25.1 Å². The van der Waals surface area contributed by atoms with Crippen molar-refractivity contribution < 1.29 is 27.5 Å². The molecule has 0 radical (unpaired) electrons. The lowest BCUT2D eigenvalue weighted by Crippen LogP contribution is -2.39. The molecule has 10 heteroatoms. The summed E-state index contributed by atoms with van der Waals surface area (Å²) in [4.78, 5) is 27.4. The van der Waals surface area contributed by atoms with Crippen LogP contribution >= 0.6 is 11.3 Å². The second-order valence-corrected chi connectivity index (χ2v) is 9.03. The number of nitriles is 1. The summed E-state index contributed by atoms with van der Waals surface area (Å²) in [6, 6.07) is 4.38. The molecule has 0 aliphatic carbocycles. The number of carbonyl (C=O) groups excluding carboxylic acids is 2. The second kappa shape index (κ2) is 8.23. The van der Waals surface area contributed by atoms with Gasteiger partial charge in [0.25, 0.3) is 5.91 Å². The minimum Gasteiger partial charge on any atom is -0.444 e. The number of fused-ring (bicyclic) bond motifs is 1. The fourth-order valence-electron chi connectivity index (χ4n) is 3.13. The van der Waals surface area contributed by atoms with Crippen LogP contribution in [0.2, 0.25) is 0 Å².